The first-order chi connectivity index (χ1) is 20.8. The Bertz CT molecular complexity index is 1870. The third-order valence-electron chi connectivity index (χ3n) is 9.21. The maximum Gasteiger partial charge on any atom is 0.231 e. The van der Waals surface area contributed by atoms with Crippen LogP contribution in [-0.2, 0) is 16.2 Å². The number of fused-ring (bicyclic) bond motifs is 6. The monoisotopic (exact) mass is 605 g/mol. The molecule has 236 valence electrons. The molecule has 1 aromatic heterocycles. The molecule has 1 aliphatic heterocycles. The van der Waals surface area contributed by atoms with Crippen LogP contribution >= 0.6 is 0 Å². The number of hydrogen-bond donors (Lipinski definition) is 0. The standard InChI is InChI=1S/C41H48FNO2/c1-38(2,3)23-41(10,11)27-20-32-31-22-28(42)14-17-36(31)44-24-45-37(32)35(21-27)43-33-15-12-25(39(4,5)6)18-29(33)30-19-26(40(7,8)9)13-16-34(30)43/h12-22H,23-24H2,1-11H3. The van der Waals surface area contributed by atoms with Crippen molar-refractivity contribution >= 4 is 21.8 Å². The fourth-order valence-corrected chi connectivity index (χ4v) is 7.16. The van der Waals surface area contributed by atoms with Crippen LogP contribution in [0.15, 0.2) is 66.7 Å². The zero-order chi connectivity index (χ0) is 32.7. The summed E-state index contributed by atoms with van der Waals surface area (Å²) < 4.78 is 29.7. The van der Waals surface area contributed by atoms with Crippen LogP contribution in [0.3, 0.4) is 0 Å². The maximum atomic E-state index is 14.8. The van der Waals surface area contributed by atoms with Crippen LogP contribution in [0.25, 0.3) is 38.6 Å². The number of hydrogen-bond acceptors (Lipinski definition) is 2. The van der Waals surface area contributed by atoms with Gasteiger partial charge in [-0.25, -0.2) is 4.39 Å². The van der Waals surface area contributed by atoms with E-state index in [2.05, 4.69) is 129 Å². The largest absolute Gasteiger partial charge is 0.457 e. The molecule has 2 heterocycles. The van der Waals surface area contributed by atoms with Crippen molar-refractivity contribution < 1.29 is 13.9 Å². The van der Waals surface area contributed by atoms with Crippen molar-refractivity contribution in [2.24, 2.45) is 5.41 Å². The Morgan fingerprint density at radius 2 is 1.20 bits per heavy atom. The molecule has 0 atom stereocenters. The molecule has 0 bridgehead atoms. The van der Waals surface area contributed by atoms with E-state index < -0.39 is 0 Å². The Balaban J connectivity index is 1.75. The smallest absolute Gasteiger partial charge is 0.231 e. The first-order valence-corrected chi connectivity index (χ1v) is 16.2. The lowest BCUT2D eigenvalue weighted by molar-refractivity contribution is 0.124. The van der Waals surface area contributed by atoms with Crippen molar-refractivity contribution in [2.75, 3.05) is 6.79 Å². The Morgan fingerprint density at radius 3 is 1.73 bits per heavy atom. The zero-order valence-corrected chi connectivity index (χ0v) is 28.9. The van der Waals surface area contributed by atoms with Gasteiger partial charge in [0.1, 0.15) is 11.6 Å². The van der Waals surface area contributed by atoms with Gasteiger partial charge in [0.15, 0.2) is 5.75 Å². The molecule has 1 aliphatic rings. The van der Waals surface area contributed by atoms with Crippen molar-refractivity contribution in [3.8, 4) is 28.3 Å². The van der Waals surface area contributed by atoms with E-state index in [0.717, 1.165) is 28.7 Å². The summed E-state index contributed by atoms with van der Waals surface area (Å²) in [6.45, 7) is 25.1. The van der Waals surface area contributed by atoms with Crippen LogP contribution in [0.5, 0.6) is 11.5 Å². The Kier molecular flexibility index (Phi) is 7.19. The van der Waals surface area contributed by atoms with Gasteiger partial charge in [-0.3, -0.25) is 0 Å². The molecular formula is C41H48FNO2. The number of rotatable bonds is 3. The second-order valence-electron chi connectivity index (χ2n) is 16.8. The molecule has 0 N–H and O–H groups in total. The van der Waals surface area contributed by atoms with E-state index in [9.17, 15) is 4.39 Å². The predicted molar refractivity (Wildman–Crippen MR) is 187 cm³/mol. The van der Waals surface area contributed by atoms with Gasteiger partial charge in [-0.1, -0.05) is 88.3 Å². The Labute approximate surface area is 268 Å². The van der Waals surface area contributed by atoms with Gasteiger partial charge in [-0.05, 0) is 99.4 Å². The highest BCUT2D eigenvalue weighted by molar-refractivity contribution is 6.10. The van der Waals surface area contributed by atoms with Crippen LogP contribution in [0.4, 0.5) is 4.39 Å². The molecule has 0 saturated heterocycles. The number of halogens is 1. The van der Waals surface area contributed by atoms with Gasteiger partial charge in [0, 0.05) is 21.9 Å². The molecule has 4 heteroatoms. The van der Waals surface area contributed by atoms with Gasteiger partial charge in [0.05, 0.1) is 16.7 Å². The molecule has 4 aromatic carbocycles. The van der Waals surface area contributed by atoms with Crippen LogP contribution in [0, 0.1) is 11.2 Å². The molecule has 0 saturated carbocycles. The number of ether oxygens (including phenoxy) is 2. The molecular weight excluding hydrogens is 557 g/mol. The lowest BCUT2D eigenvalue weighted by Gasteiger charge is -2.34. The Hall–Kier alpha value is -3.79. The second kappa shape index (κ2) is 10.4. The van der Waals surface area contributed by atoms with Crippen LogP contribution < -0.4 is 9.47 Å². The molecule has 5 aromatic rings. The third kappa shape index (κ3) is 5.73. The molecule has 0 fully saturated rings. The minimum atomic E-state index is -0.299. The van der Waals surface area contributed by atoms with E-state index in [1.54, 1.807) is 12.1 Å². The summed E-state index contributed by atoms with van der Waals surface area (Å²) in [6.07, 6.45) is 0.975. The van der Waals surface area contributed by atoms with E-state index in [-0.39, 0.29) is 34.3 Å². The number of benzene rings is 4. The van der Waals surface area contributed by atoms with Gasteiger partial charge in [-0.15, -0.1) is 0 Å². The van der Waals surface area contributed by atoms with Crippen LogP contribution in [0.2, 0.25) is 0 Å². The highest BCUT2D eigenvalue weighted by Crippen LogP contribution is 2.49. The van der Waals surface area contributed by atoms with Crippen LogP contribution in [-0.4, -0.2) is 11.4 Å². The second-order valence-corrected chi connectivity index (χ2v) is 16.8. The lowest BCUT2D eigenvalue weighted by Crippen LogP contribution is -2.25. The minimum Gasteiger partial charge on any atom is -0.457 e. The summed E-state index contributed by atoms with van der Waals surface area (Å²) >= 11 is 0. The quantitative estimate of drug-likeness (QED) is 0.204. The first-order valence-electron chi connectivity index (χ1n) is 16.2. The Morgan fingerprint density at radius 1 is 0.622 bits per heavy atom. The molecule has 3 nitrogen and oxygen atoms in total. The van der Waals surface area contributed by atoms with E-state index in [0.29, 0.717) is 17.1 Å². The molecule has 6 rings (SSSR count). The molecule has 45 heavy (non-hydrogen) atoms. The number of aromatic nitrogens is 1. The van der Waals surface area contributed by atoms with E-state index in [4.69, 9.17) is 9.47 Å². The molecule has 0 unspecified atom stereocenters. The summed E-state index contributed by atoms with van der Waals surface area (Å²) in [6, 6.07) is 23.0. The van der Waals surface area contributed by atoms with Crippen molar-refractivity contribution in [2.45, 2.75) is 98.8 Å². The van der Waals surface area contributed by atoms with Gasteiger partial charge in [-0.2, -0.15) is 0 Å². The normalized spacial score (nSPS) is 14.1. The van der Waals surface area contributed by atoms with E-state index >= 15 is 0 Å². The van der Waals surface area contributed by atoms with Crippen LogP contribution in [0.1, 0.15) is 99.3 Å². The lowest BCUT2D eigenvalue weighted by atomic mass is 9.71. The summed E-state index contributed by atoms with van der Waals surface area (Å²) in [4.78, 5) is 0. The van der Waals surface area contributed by atoms with E-state index in [1.807, 2.05) is 0 Å². The first kappa shape index (κ1) is 31.2. The average Bonchev–Trinajstić information content (AvgIpc) is 3.12. The van der Waals surface area contributed by atoms with Gasteiger partial charge in [0.2, 0.25) is 6.79 Å². The van der Waals surface area contributed by atoms with Crippen molar-refractivity contribution in [1.82, 2.24) is 4.57 Å². The summed E-state index contributed by atoms with van der Waals surface area (Å²) in [5, 5.41) is 2.43. The summed E-state index contributed by atoms with van der Waals surface area (Å²) in [7, 11) is 0. The highest BCUT2D eigenvalue weighted by atomic mass is 19.1. The summed E-state index contributed by atoms with van der Waals surface area (Å²) in [5.74, 6) is 1.03. The molecule has 0 amide bonds. The molecule has 0 aliphatic carbocycles. The van der Waals surface area contributed by atoms with Crippen molar-refractivity contribution in [3.05, 3.63) is 89.2 Å². The van der Waals surface area contributed by atoms with Gasteiger partial charge in [0.25, 0.3) is 0 Å². The minimum absolute atomic E-state index is 0.00641. The van der Waals surface area contributed by atoms with Crippen molar-refractivity contribution in [3.63, 3.8) is 0 Å². The molecule has 0 spiro atoms. The highest BCUT2D eigenvalue weighted by Gasteiger charge is 2.32. The SMILES string of the molecule is CC(C)(C)CC(C)(C)c1cc2c(c(-n3c4ccc(C(C)(C)C)cc4c4cc(C(C)(C)C)ccc43)c1)OCOc1ccc(F)cc1-2. The maximum absolute atomic E-state index is 14.8. The van der Waals surface area contributed by atoms with Gasteiger partial charge < -0.3 is 14.0 Å². The van der Waals surface area contributed by atoms with Gasteiger partial charge >= 0.3 is 0 Å². The number of nitrogens with zero attached hydrogens (tertiary/aromatic N) is 1. The fraction of sp³-hybridized carbons (Fsp3) is 0.415. The third-order valence-corrected chi connectivity index (χ3v) is 9.21. The molecule has 0 radical (unpaired) electrons. The fourth-order valence-electron chi connectivity index (χ4n) is 7.16. The predicted octanol–water partition coefficient (Wildman–Crippen LogP) is 11.6. The summed E-state index contributed by atoms with van der Waals surface area (Å²) in [5.41, 5.74) is 8.46. The average molecular weight is 606 g/mol. The van der Waals surface area contributed by atoms with E-state index in [1.165, 1.54) is 33.5 Å². The van der Waals surface area contributed by atoms with Crippen molar-refractivity contribution in [1.29, 1.82) is 0 Å². The zero-order valence-electron chi connectivity index (χ0n) is 28.9. The topological polar surface area (TPSA) is 23.4 Å².